The molecular formula is C25H16N2O4S. The number of nitrogens with zero attached hydrogens (tertiary/aromatic N) is 1. The topological polar surface area (TPSA) is 79.6 Å². The number of imide groups is 2. The lowest BCUT2D eigenvalue weighted by Gasteiger charge is -2.26. The van der Waals surface area contributed by atoms with Gasteiger partial charge in [-0.25, -0.2) is 9.69 Å². The van der Waals surface area contributed by atoms with Gasteiger partial charge in [0.25, 0.3) is 11.8 Å². The highest BCUT2D eigenvalue weighted by Gasteiger charge is 2.36. The number of amides is 4. The molecule has 6 nitrogen and oxygen atoms in total. The molecule has 5 rings (SSSR count). The smallest absolute Gasteiger partial charge is 0.335 e. The van der Waals surface area contributed by atoms with Crippen molar-refractivity contribution < 1.29 is 18.8 Å². The van der Waals surface area contributed by atoms with E-state index in [1.807, 2.05) is 42.5 Å². The number of nitrogens with one attached hydrogen (secondary N) is 1. The fourth-order valence-electron chi connectivity index (χ4n) is 3.47. The summed E-state index contributed by atoms with van der Waals surface area (Å²) in [7, 11) is 0. The Morgan fingerprint density at radius 2 is 1.56 bits per heavy atom. The first kappa shape index (κ1) is 19.8. The van der Waals surface area contributed by atoms with Gasteiger partial charge in [0.2, 0.25) is 0 Å². The van der Waals surface area contributed by atoms with Crippen molar-refractivity contribution >= 4 is 52.1 Å². The molecule has 3 aromatic carbocycles. The molecule has 156 valence electrons. The summed E-state index contributed by atoms with van der Waals surface area (Å²) < 4.78 is 5.85. The first-order valence-electron chi connectivity index (χ1n) is 9.82. The van der Waals surface area contributed by atoms with Crippen LogP contribution in [-0.4, -0.2) is 17.8 Å². The lowest BCUT2D eigenvalue weighted by molar-refractivity contribution is -0.122. The maximum absolute atomic E-state index is 12.9. The van der Waals surface area contributed by atoms with Gasteiger partial charge in [0.05, 0.1) is 5.69 Å². The Labute approximate surface area is 187 Å². The zero-order valence-corrected chi connectivity index (χ0v) is 17.5. The molecular weight excluding hydrogens is 424 g/mol. The van der Waals surface area contributed by atoms with Gasteiger partial charge in [-0.1, -0.05) is 66.4 Å². The predicted molar refractivity (Wildman–Crippen MR) is 122 cm³/mol. The number of hydrogen-bond acceptors (Lipinski definition) is 5. The lowest BCUT2D eigenvalue weighted by atomic mass is 10.1. The summed E-state index contributed by atoms with van der Waals surface area (Å²) in [4.78, 5) is 39.5. The van der Waals surface area contributed by atoms with E-state index in [9.17, 15) is 14.4 Å². The second kappa shape index (κ2) is 8.20. The second-order valence-corrected chi connectivity index (χ2v) is 8.08. The molecule has 1 saturated heterocycles. The van der Waals surface area contributed by atoms with E-state index < -0.39 is 17.8 Å². The Kier molecular flexibility index (Phi) is 5.09. The van der Waals surface area contributed by atoms with Gasteiger partial charge in [-0.2, -0.15) is 0 Å². The molecule has 0 aliphatic carbocycles. The third-order valence-corrected chi connectivity index (χ3v) is 5.96. The van der Waals surface area contributed by atoms with Crippen LogP contribution in [0.25, 0.3) is 16.8 Å². The normalized spacial score (nSPS) is 15.4. The Morgan fingerprint density at radius 1 is 0.812 bits per heavy atom. The summed E-state index contributed by atoms with van der Waals surface area (Å²) in [6.07, 6.45) is 1.35. The minimum Gasteiger partial charge on any atom is -0.450 e. The van der Waals surface area contributed by atoms with Gasteiger partial charge in [0.1, 0.15) is 11.3 Å². The van der Waals surface area contributed by atoms with Crippen LogP contribution in [0.3, 0.4) is 0 Å². The fourth-order valence-corrected chi connectivity index (χ4v) is 4.40. The summed E-state index contributed by atoms with van der Waals surface area (Å²) in [6, 6.07) is 25.2. The minimum atomic E-state index is -0.782. The molecule has 4 amide bonds. The number of furan rings is 1. The van der Waals surface area contributed by atoms with Crippen LogP contribution in [0.4, 0.5) is 10.5 Å². The van der Waals surface area contributed by atoms with Crippen molar-refractivity contribution in [2.24, 2.45) is 0 Å². The van der Waals surface area contributed by atoms with Crippen LogP contribution >= 0.6 is 11.8 Å². The zero-order valence-electron chi connectivity index (χ0n) is 16.6. The summed E-state index contributed by atoms with van der Waals surface area (Å²) >= 11 is 1.45. The van der Waals surface area contributed by atoms with Crippen molar-refractivity contribution in [1.29, 1.82) is 0 Å². The van der Waals surface area contributed by atoms with E-state index in [1.54, 1.807) is 42.5 Å². The largest absolute Gasteiger partial charge is 0.450 e. The molecule has 0 unspecified atom stereocenters. The van der Waals surface area contributed by atoms with E-state index in [0.29, 0.717) is 16.5 Å². The number of benzene rings is 3. The molecule has 2 heterocycles. The number of urea groups is 1. The molecule has 32 heavy (non-hydrogen) atoms. The number of hydrogen-bond donors (Lipinski definition) is 1. The first-order valence-corrected chi connectivity index (χ1v) is 10.6. The Balaban J connectivity index is 1.43. The first-order chi connectivity index (χ1) is 15.6. The Morgan fingerprint density at radius 3 is 2.41 bits per heavy atom. The van der Waals surface area contributed by atoms with Gasteiger partial charge in [-0.15, -0.1) is 0 Å². The molecule has 1 fully saturated rings. The van der Waals surface area contributed by atoms with Crippen molar-refractivity contribution in [3.8, 4) is 0 Å². The third-order valence-electron chi connectivity index (χ3n) is 4.96. The van der Waals surface area contributed by atoms with E-state index in [2.05, 4.69) is 5.32 Å². The molecule has 1 aliphatic rings. The molecule has 0 spiro atoms. The van der Waals surface area contributed by atoms with Crippen LogP contribution in [0.5, 0.6) is 0 Å². The monoisotopic (exact) mass is 440 g/mol. The number of fused-ring (bicyclic) bond motifs is 1. The molecule has 1 N–H and O–H groups in total. The number of carbonyl (C=O) groups is 3. The average Bonchev–Trinajstić information content (AvgIpc) is 3.24. The van der Waals surface area contributed by atoms with Gasteiger partial charge < -0.3 is 4.42 Å². The van der Waals surface area contributed by atoms with E-state index in [4.69, 9.17) is 4.42 Å². The number of barbiturate groups is 1. The molecule has 0 bridgehead atoms. The third kappa shape index (κ3) is 3.70. The number of para-hydroxylation sites is 1. The average molecular weight is 440 g/mol. The van der Waals surface area contributed by atoms with Gasteiger partial charge in [-0.3, -0.25) is 14.9 Å². The van der Waals surface area contributed by atoms with Crippen LogP contribution in [0.2, 0.25) is 0 Å². The van der Waals surface area contributed by atoms with Gasteiger partial charge >= 0.3 is 6.03 Å². The molecule has 0 saturated carbocycles. The van der Waals surface area contributed by atoms with E-state index in [-0.39, 0.29) is 5.57 Å². The van der Waals surface area contributed by atoms with Crippen LogP contribution in [0, 0.1) is 0 Å². The van der Waals surface area contributed by atoms with Crippen molar-refractivity contribution in [3.63, 3.8) is 0 Å². The highest BCUT2D eigenvalue weighted by Crippen LogP contribution is 2.35. The van der Waals surface area contributed by atoms with Crippen LogP contribution < -0.4 is 10.2 Å². The van der Waals surface area contributed by atoms with Gasteiger partial charge in [0.15, 0.2) is 5.09 Å². The molecule has 1 aliphatic heterocycles. The second-order valence-electron chi connectivity index (χ2n) is 7.03. The number of anilines is 1. The lowest BCUT2D eigenvalue weighted by Crippen LogP contribution is -2.54. The number of rotatable bonds is 4. The van der Waals surface area contributed by atoms with Gasteiger partial charge in [-0.05, 0) is 47.2 Å². The van der Waals surface area contributed by atoms with Crippen molar-refractivity contribution in [2.75, 3.05) is 4.90 Å². The van der Waals surface area contributed by atoms with Crippen molar-refractivity contribution in [3.05, 3.63) is 96.3 Å². The van der Waals surface area contributed by atoms with Crippen molar-refractivity contribution in [2.45, 2.75) is 9.99 Å². The zero-order chi connectivity index (χ0) is 22.1. The molecule has 0 atom stereocenters. The van der Waals surface area contributed by atoms with Crippen LogP contribution in [0.15, 0.2) is 105 Å². The maximum atomic E-state index is 12.9. The summed E-state index contributed by atoms with van der Waals surface area (Å²) in [5, 5.41) is 5.06. The standard InChI is InChI=1S/C25H16N2O4S/c28-23-20(24(29)27(25(30)26-23)17-9-2-1-3-10-17)15-18-13-14-22(31-18)32-21-12-6-8-16-7-4-5-11-19(16)21/h1-15H,(H,26,28,30)/b20-15-. The van der Waals surface area contributed by atoms with E-state index in [1.165, 1.54) is 17.8 Å². The molecule has 0 radical (unpaired) electrons. The quantitative estimate of drug-likeness (QED) is 0.346. The SMILES string of the molecule is O=C1NC(=O)N(c2ccccc2)C(=O)/C1=C\c1ccc(Sc2cccc3ccccc23)o1. The van der Waals surface area contributed by atoms with E-state index in [0.717, 1.165) is 20.6 Å². The molecule has 1 aromatic heterocycles. The molecule has 4 aromatic rings. The van der Waals surface area contributed by atoms with Crippen LogP contribution in [0.1, 0.15) is 5.76 Å². The fraction of sp³-hybridized carbons (Fsp3) is 0. The summed E-state index contributed by atoms with van der Waals surface area (Å²) in [5.41, 5.74) is 0.199. The van der Waals surface area contributed by atoms with Crippen molar-refractivity contribution in [1.82, 2.24) is 5.32 Å². The van der Waals surface area contributed by atoms with Crippen LogP contribution in [-0.2, 0) is 9.59 Å². The predicted octanol–water partition coefficient (Wildman–Crippen LogP) is 5.25. The Bertz CT molecular complexity index is 1390. The van der Waals surface area contributed by atoms with E-state index >= 15 is 0 Å². The maximum Gasteiger partial charge on any atom is 0.335 e. The highest BCUT2D eigenvalue weighted by atomic mass is 32.2. The summed E-state index contributed by atoms with van der Waals surface area (Å²) in [5.74, 6) is -1.12. The minimum absolute atomic E-state index is 0.176. The van der Waals surface area contributed by atoms with Gasteiger partial charge in [0, 0.05) is 4.90 Å². The number of carbonyl (C=O) groups excluding carboxylic acids is 3. The molecule has 7 heteroatoms. The Hall–Kier alpha value is -4.10. The summed E-state index contributed by atoms with van der Waals surface area (Å²) in [6.45, 7) is 0. The highest BCUT2D eigenvalue weighted by molar-refractivity contribution is 7.99.